The second-order valence-corrected chi connectivity index (χ2v) is 6.52. The number of carbonyl (C=O) groups is 1. The first-order valence-corrected chi connectivity index (χ1v) is 8.90. The molecule has 0 unspecified atom stereocenters. The van der Waals surface area contributed by atoms with E-state index in [1.54, 1.807) is 0 Å². The Morgan fingerprint density at radius 3 is 2.17 bits per heavy atom. The van der Waals surface area contributed by atoms with Gasteiger partial charge in [0.2, 0.25) is 5.78 Å². The maximum Gasteiger partial charge on any atom is 0.214 e. The summed E-state index contributed by atoms with van der Waals surface area (Å²) in [5.74, 6) is 1.07. The second kappa shape index (κ2) is 8.09. The number of nitrogens with zero attached hydrogens (tertiary/aromatic N) is 1. The topological polar surface area (TPSA) is 43.1 Å². The van der Waals surface area contributed by atoms with E-state index in [1.165, 1.54) is 51.2 Å². The minimum absolute atomic E-state index is 0.0551. The SMILES string of the molecule is O=C(c1ccccc1)c1coc(C2CCCCCCCCC2)n1. The van der Waals surface area contributed by atoms with E-state index < -0.39 is 0 Å². The summed E-state index contributed by atoms with van der Waals surface area (Å²) >= 11 is 0. The highest BCUT2D eigenvalue weighted by Gasteiger charge is 2.20. The van der Waals surface area contributed by atoms with E-state index in [-0.39, 0.29) is 5.78 Å². The minimum Gasteiger partial charge on any atom is -0.448 e. The van der Waals surface area contributed by atoms with Crippen molar-refractivity contribution < 1.29 is 9.21 Å². The van der Waals surface area contributed by atoms with Gasteiger partial charge in [-0.15, -0.1) is 0 Å². The van der Waals surface area contributed by atoms with Crippen LogP contribution in [0.2, 0.25) is 0 Å². The first-order valence-electron chi connectivity index (χ1n) is 8.90. The van der Waals surface area contributed by atoms with Crippen molar-refractivity contribution in [3.8, 4) is 0 Å². The fourth-order valence-electron chi connectivity index (χ4n) is 3.37. The highest BCUT2D eigenvalue weighted by atomic mass is 16.3. The summed E-state index contributed by atoms with van der Waals surface area (Å²) in [6.45, 7) is 0. The summed E-state index contributed by atoms with van der Waals surface area (Å²) in [7, 11) is 0. The zero-order valence-electron chi connectivity index (χ0n) is 13.7. The van der Waals surface area contributed by atoms with Crippen LogP contribution in [0.15, 0.2) is 41.0 Å². The van der Waals surface area contributed by atoms with Gasteiger partial charge in [-0.25, -0.2) is 4.98 Å². The Morgan fingerprint density at radius 1 is 0.913 bits per heavy atom. The first kappa shape index (κ1) is 16.0. The molecule has 3 nitrogen and oxygen atoms in total. The molecule has 0 bridgehead atoms. The molecule has 1 fully saturated rings. The lowest BCUT2D eigenvalue weighted by atomic mass is 9.92. The highest BCUT2D eigenvalue weighted by Crippen LogP contribution is 2.29. The number of rotatable bonds is 3. The van der Waals surface area contributed by atoms with Crippen molar-refractivity contribution >= 4 is 5.78 Å². The van der Waals surface area contributed by atoms with Crippen molar-refractivity contribution in [1.82, 2.24) is 4.98 Å². The van der Waals surface area contributed by atoms with Crippen LogP contribution in [0.5, 0.6) is 0 Å². The molecular formula is C20H25NO2. The molecule has 0 amide bonds. The fraction of sp³-hybridized carbons (Fsp3) is 0.500. The zero-order chi connectivity index (χ0) is 15.9. The average Bonchev–Trinajstić information content (AvgIpc) is 3.09. The Bertz CT molecular complexity index is 608. The summed E-state index contributed by atoms with van der Waals surface area (Å²) < 4.78 is 5.68. The van der Waals surface area contributed by atoms with E-state index >= 15 is 0 Å². The molecule has 0 N–H and O–H groups in total. The molecule has 0 aliphatic heterocycles. The van der Waals surface area contributed by atoms with Crippen LogP contribution in [0, 0.1) is 0 Å². The Labute approximate surface area is 138 Å². The highest BCUT2D eigenvalue weighted by molar-refractivity contribution is 6.07. The van der Waals surface area contributed by atoms with Gasteiger partial charge in [-0.1, -0.05) is 75.3 Å². The molecular weight excluding hydrogens is 286 g/mol. The largest absolute Gasteiger partial charge is 0.448 e. The van der Waals surface area contributed by atoms with Gasteiger partial charge in [-0.2, -0.15) is 0 Å². The normalized spacial score (nSPS) is 17.7. The molecule has 122 valence electrons. The van der Waals surface area contributed by atoms with Gasteiger partial charge in [0, 0.05) is 11.5 Å². The Kier molecular flexibility index (Phi) is 5.62. The lowest BCUT2D eigenvalue weighted by Gasteiger charge is -2.15. The van der Waals surface area contributed by atoms with Crippen molar-refractivity contribution in [2.45, 2.75) is 63.7 Å². The second-order valence-electron chi connectivity index (χ2n) is 6.52. The van der Waals surface area contributed by atoms with E-state index in [0.717, 1.165) is 18.7 Å². The standard InChI is InChI=1S/C20H25NO2/c22-19(16-11-9-6-10-12-16)18-15-23-20(21-18)17-13-7-4-2-1-3-5-8-14-17/h6,9-12,15,17H,1-5,7-8,13-14H2. The summed E-state index contributed by atoms with van der Waals surface area (Å²) in [6, 6.07) is 9.29. The van der Waals surface area contributed by atoms with Crippen LogP contribution in [0.4, 0.5) is 0 Å². The molecule has 1 aromatic heterocycles. The number of benzene rings is 1. The quantitative estimate of drug-likeness (QED) is 0.701. The number of aromatic nitrogens is 1. The molecule has 1 aliphatic rings. The molecule has 23 heavy (non-hydrogen) atoms. The van der Waals surface area contributed by atoms with E-state index in [2.05, 4.69) is 4.98 Å². The van der Waals surface area contributed by atoms with E-state index in [4.69, 9.17) is 4.42 Å². The van der Waals surface area contributed by atoms with Crippen LogP contribution in [0.1, 0.15) is 85.6 Å². The Hall–Kier alpha value is -1.90. The molecule has 2 aromatic rings. The van der Waals surface area contributed by atoms with Crippen LogP contribution >= 0.6 is 0 Å². The third-order valence-electron chi connectivity index (χ3n) is 4.74. The van der Waals surface area contributed by atoms with Gasteiger partial charge in [0.25, 0.3) is 0 Å². The van der Waals surface area contributed by atoms with Crippen LogP contribution in [0.25, 0.3) is 0 Å². The predicted molar refractivity (Wildman–Crippen MR) is 90.7 cm³/mol. The number of carbonyl (C=O) groups excluding carboxylic acids is 1. The van der Waals surface area contributed by atoms with Gasteiger partial charge < -0.3 is 4.42 Å². The van der Waals surface area contributed by atoms with Crippen LogP contribution in [-0.2, 0) is 0 Å². The molecule has 3 heteroatoms. The Morgan fingerprint density at radius 2 is 1.52 bits per heavy atom. The van der Waals surface area contributed by atoms with Crippen molar-refractivity contribution in [2.24, 2.45) is 0 Å². The van der Waals surface area contributed by atoms with Gasteiger partial charge >= 0.3 is 0 Å². The number of oxazole rings is 1. The molecule has 0 saturated heterocycles. The van der Waals surface area contributed by atoms with E-state index in [9.17, 15) is 4.79 Å². The molecule has 0 atom stereocenters. The minimum atomic E-state index is -0.0551. The van der Waals surface area contributed by atoms with E-state index in [1.807, 2.05) is 30.3 Å². The van der Waals surface area contributed by atoms with Gasteiger partial charge in [-0.05, 0) is 12.8 Å². The van der Waals surface area contributed by atoms with Crippen molar-refractivity contribution in [1.29, 1.82) is 0 Å². The number of ketones is 1. The van der Waals surface area contributed by atoms with Crippen molar-refractivity contribution in [3.05, 3.63) is 53.7 Å². The molecule has 1 aliphatic carbocycles. The average molecular weight is 311 g/mol. The Balaban J connectivity index is 1.70. The molecule has 0 radical (unpaired) electrons. The number of hydrogen-bond acceptors (Lipinski definition) is 3. The van der Waals surface area contributed by atoms with Crippen LogP contribution in [0.3, 0.4) is 0 Å². The summed E-state index contributed by atoms with van der Waals surface area (Å²) in [6.07, 6.45) is 12.9. The summed E-state index contributed by atoms with van der Waals surface area (Å²) in [5.41, 5.74) is 1.10. The van der Waals surface area contributed by atoms with Crippen LogP contribution in [-0.4, -0.2) is 10.8 Å². The molecule has 0 spiro atoms. The summed E-state index contributed by atoms with van der Waals surface area (Å²) in [5, 5.41) is 0. The third kappa shape index (κ3) is 4.31. The first-order chi connectivity index (χ1) is 11.3. The summed E-state index contributed by atoms with van der Waals surface area (Å²) in [4.78, 5) is 17.0. The fourth-order valence-corrected chi connectivity index (χ4v) is 3.37. The lowest BCUT2D eigenvalue weighted by molar-refractivity contribution is 0.103. The van der Waals surface area contributed by atoms with E-state index in [0.29, 0.717) is 17.2 Å². The molecule has 1 heterocycles. The third-order valence-corrected chi connectivity index (χ3v) is 4.74. The van der Waals surface area contributed by atoms with Gasteiger partial charge in [0.05, 0.1) is 0 Å². The predicted octanol–water partition coefficient (Wildman–Crippen LogP) is 5.51. The molecule has 1 saturated carbocycles. The van der Waals surface area contributed by atoms with Crippen molar-refractivity contribution in [2.75, 3.05) is 0 Å². The monoisotopic (exact) mass is 311 g/mol. The van der Waals surface area contributed by atoms with Crippen LogP contribution < -0.4 is 0 Å². The van der Waals surface area contributed by atoms with Gasteiger partial charge in [-0.3, -0.25) is 4.79 Å². The van der Waals surface area contributed by atoms with Gasteiger partial charge in [0.15, 0.2) is 5.89 Å². The number of hydrogen-bond donors (Lipinski definition) is 0. The molecule has 1 aromatic carbocycles. The smallest absolute Gasteiger partial charge is 0.214 e. The molecule has 3 rings (SSSR count). The van der Waals surface area contributed by atoms with Crippen molar-refractivity contribution in [3.63, 3.8) is 0 Å². The maximum absolute atomic E-state index is 12.4. The van der Waals surface area contributed by atoms with Gasteiger partial charge in [0.1, 0.15) is 12.0 Å². The lowest BCUT2D eigenvalue weighted by Crippen LogP contribution is -2.04. The zero-order valence-corrected chi connectivity index (χ0v) is 13.7. The maximum atomic E-state index is 12.4.